The van der Waals surface area contributed by atoms with Crippen LogP contribution < -0.4 is 10.7 Å². The number of rotatable bonds is 4. The molecule has 3 heterocycles. The van der Waals surface area contributed by atoms with Crippen LogP contribution in [0, 0.1) is 6.92 Å². The van der Waals surface area contributed by atoms with Gasteiger partial charge in [-0.3, -0.25) is 9.59 Å². The molecule has 190 valence electrons. The molecule has 0 unspecified atom stereocenters. The van der Waals surface area contributed by atoms with Crippen molar-refractivity contribution in [1.29, 1.82) is 0 Å². The molecule has 0 radical (unpaired) electrons. The molecule has 6 rings (SSSR count). The van der Waals surface area contributed by atoms with Gasteiger partial charge in [-0.1, -0.05) is 17.7 Å². The predicted molar refractivity (Wildman–Crippen MR) is 142 cm³/mol. The second kappa shape index (κ2) is 9.45. The number of hydrogen-bond donors (Lipinski definition) is 1. The number of dihydropyridines is 1. The van der Waals surface area contributed by atoms with Crippen molar-refractivity contribution in [3.05, 3.63) is 90.7 Å². The van der Waals surface area contributed by atoms with Gasteiger partial charge in [0.2, 0.25) is 0 Å². The Bertz CT molecular complexity index is 1520. The summed E-state index contributed by atoms with van der Waals surface area (Å²) in [7, 11) is 0. The van der Waals surface area contributed by atoms with Gasteiger partial charge in [-0.25, -0.2) is 4.79 Å². The molecular weight excluding hydrogens is 486 g/mol. The Kier molecular flexibility index (Phi) is 6.11. The summed E-state index contributed by atoms with van der Waals surface area (Å²) in [5.41, 5.74) is 3.69. The zero-order valence-electron chi connectivity index (χ0n) is 21.0. The van der Waals surface area contributed by atoms with Gasteiger partial charge in [-0.15, -0.1) is 11.3 Å². The largest absolute Gasteiger partial charge is 0.464 e. The van der Waals surface area contributed by atoms with Crippen LogP contribution >= 0.6 is 11.3 Å². The van der Waals surface area contributed by atoms with E-state index >= 15 is 0 Å². The topological polar surface area (TPSA) is 85.6 Å². The maximum absolute atomic E-state index is 13.8. The zero-order chi connectivity index (χ0) is 25.7. The average molecular weight is 516 g/mol. The van der Waals surface area contributed by atoms with Crippen LogP contribution in [0.3, 0.4) is 0 Å². The first kappa shape index (κ1) is 23.9. The van der Waals surface area contributed by atoms with Crippen molar-refractivity contribution in [2.75, 3.05) is 0 Å². The Hall–Kier alpha value is -3.45. The molecule has 1 aromatic carbocycles. The number of carbonyl (C=O) groups is 2. The van der Waals surface area contributed by atoms with Crippen LogP contribution in [0.4, 0.5) is 0 Å². The van der Waals surface area contributed by atoms with Crippen molar-refractivity contribution in [3.8, 4) is 0 Å². The number of allylic oxidation sites excluding steroid dienone is 3. The zero-order valence-corrected chi connectivity index (χ0v) is 21.8. The van der Waals surface area contributed by atoms with Crippen molar-refractivity contribution >= 4 is 34.1 Å². The van der Waals surface area contributed by atoms with Crippen molar-refractivity contribution in [1.82, 2.24) is 5.32 Å². The summed E-state index contributed by atoms with van der Waals surface area (Å²) < 4.78 is 11.8. The van der Waals surface area contributed by atoms with Gasteiger partial charge in [0.25, 0.3) is 0 Å². The lowest BCUT2D eigenvalue weighted by Gasteiger charge is -2.36. The van der Waals surface area contributed by atoms with Gasteiger partial charge in [0.1, 0.15) is 11.7 Å². The van der Waals surface area contributed by atoms with Gasteiger partial charge in [0.15, 0.2) is 11.2 Å². The Labute approximate surface area is 219 Å². The standard InChI is InChI=1S/C30H29NO5S/c1-16-9-10-24-20(12-16)29(33)21(15-35-24)27-26(30(34)36-19-6-3-4-7-19)17(2)31-22-13-18(14-23(32)28(22)27)25-8-5-11-37-25/h5,8-12,15,18-19,27,31H,3-4,6-7,13-14H2,1-2H3/t18-,27-/m1/s1. The molecule has 6 nitrogen and oxygen atoms in total. The normalized spacial score (nSPS) is 22.4. The minimum atomic E-state index is -0.830. The number of fused-ring (bicyclic) bond motifs is 1. The minimum absolute atomic E-state index is 0.0560. The van der Waals surface area contributed by atoms with E-state index < -0.39 is 11.9 Å². The molecule has 1 aliphatic heterocycles. The average Bonchev–Trinajstić information content (AvgIpc) is 3.58. The number of aryl methyl sites for hydroxylation is 1. The fourth-order valence-electron chi connectivity index (χ4n) is 6.03. The SMILES string of the molecule is CC1=C(C(=O)OC2CCCC2)[C@@H](c2coc3ccc(C)cc3c2=O)C2=C(C[C@@H](c3cccs3)CC2=O)N1. The highest BCUT2D eigenvalue weighted by Gasteiger charge is 2.43. The Morgan fingerprint density at radius 2 is 1.92 bits per heavy atom. The smallest absolute Gasteiger partial charge is 0.337 e. The summed E-state index contributed by atoms with van der Waals surface area (Å²) in [6.45, 7) is 3.74. The highest BCUT2D eigenvalue weighted by molar-refractivity contribution is 7.10. The third kappa shape index (κ3) is 4.25. The van der Waals surface area contributed by atoms with E-state index in [2.05, 4.69) is 11.4 Å². The molecule has 2 atom stereocenters. The number of esters is 1. The summed E-state index contributed by atoms with van der Waals surface area (Å²) in [5, 5.41) is 5.83. The first-order valence-corrected chi connectivity index (χ1v) is 13.8. The van der Waals surface area contributed by atoms with Crippen molar-refractivity contribution in [3.63, 3.8) is 0 Å². The fraction of sp³-hybridized carbons (Fsp3) is 0.367. The number of Topliss-reactive ketones (excluding diaryl/α,β-unsaturated/α-hetero) is 1. The van der Waals surface area contributed by atoms with Gasteiger partial charge in [-0.2, -0.15) is 0 Å². The highest BCUT2D eigenvalue weighted by atomic mass is 32.1. The lowest BCUT2D eigenvalue weighted by atomic mass is 9.73. The lowest BCUT2D eigenvalue weighted by molar-refractivity contribution is -0.144. The molecule has 1 N–H and O–H groups in total. The predicted octanol–water partition coefficient (Wildman–Crippen LogP) is 6.01. The monoisotopic (exact) mass is 515 g/mol. The van der Waals surface area contributed by atoms with E-state index in [-0.39, 0.29) is 23.2 Å². The van der Waals surface area contributed by atoms with Gasteiger partial charge >= 0.3 is 5.97 Å². The molecule has 0 bridgehead atoms. The molecule has 2 aliphatic carbocycles. The minimum Gasteiger partial charge on any atom is -0.464 e. The third-order valence-electron chi connectivity index (χ3n) is 7.83. The van der Waals surface area contributed by atoms with E-state index in [1.54, 1.807) is 23.5 Å². The molecule has 2 aromatic heterocycles. The van der Waals surface area contributed by atoms with Crippen LogP contribution in [-0.4, -0.2) is 17.9 Å². The highest BCUT2D eigenvalue weighted by Crippen LogP contribution is 2.46. The van der Waals surface area contributed by atoms with Crippen LogP contribution in [0.2, 0.25) is 0 Å². The van der Waals surface area contributed by atoms with E-state index in [1.165, 1.54) is 6.26 Å². The second-order valence-corrected chi connectivity index (χ2v) is 11.3. The first-order chi connectivity index (χ1) is 17.9. The second-order valence-electron chi connectivity index (χ2n) is 10.4. The summed E-state index contributed by atoms with van der Waals surface area (Å²) in [6, 6.07) is 9.51. The lowest BCUT2D eigenvalue weighted by Crippen LogP contribution is -2.38. The molecule has 3 aliphatic rings. The Balaban J connectivity index is 1.49. The van der Waals surface area contributed by atoms with E-state index in [0.29, 0.717) is 46.2 Å². The number of hydrogen-bond acceptors (Lipinski definition) is 7. The first-order valence-electron chi connectivity index (χ1n) is 12.9. The van der Waals surface area contributed by atoms with Crippen molar-refractivity contribution < 1.29 is 18.7 Å². The molecule has 7 heteroatoms. The number of carbonyl (C=O) groups excluding carboxylic acids is 2. The van der Waals surface area contributed by atoms with Crippen molar-refractivity contribution in [2.45, 2.75) is 70.3 Å². The van der Waals surface area contributed by atoms with Crippen molar-refractivity contribution in [2.24, 2.45) is 0 Å². The summed E-state index contributed by atoms with van der Waals surface area (Å²) in [5.74, 6) is -1.29. The Morgan fingerprint density at radius 3 is 2.68 bits per heavy atom. The van der Waals surface area contributed by atoms with Crippen LogP contribution in [0.15, 0.2) is 73.7 Å². The van der Waals surface area contributed by atoms with Gasteiger partial charge in [0.05, 0.1) is 23.1 Å². The number of ketones is 1. The molecule has 0 amide bonds. The summed E-state index contributed by atoms with van der Waals surface area (Å²) in [4.78, 5) is 42.4. The van der Waals surface area contributed by atoms with Crippen LogP contribution in [0.5, 0.6) is 0 Å². The molecule has 3 aromatic rings. The number of benzene rings is 1. The van der Waals surface area contributed by atoms with E-state index in [9.17, 15) is 14.4 Å². The number of ether oxygens (including phenoxy) is 1. The number of thiophene rings is 1. The van der Waals surface area contributed by atoms with Gasteiger partial charge in [-0.05, 0) is 69.5 Å². The van der Waals surface area contributed by atoms with E-state index in [4.69, 9.17) is 9.15 Å². The van der Waals surface area contributed by atoms with E-state index in [1.807, 2.05) is 31.4 Å². The molecule has 1 fully saturated rings. The summed E-state index contributed by atoms with van der Waals surface area (Å²) >= 11 is 1.64. The maximum atomic E-state index is 13.8. The van der Waals surface area contributed by atoms with Crippen LogP contribution in [0.25, 0.3) is 11.0 Å². The maximum Gasteiger partial charge on any atom is 0.337 e. The molecule has 0 saturated heterocycles. The van der Waals surface area contributed by atoms with Crippen LogP contribution in [0.1, 0.15) is 73.3 Å². The summed E-state index contributed by atoms with van der Waals surface area (Å²) in [6.07, 6.45) is 6.00. The molecule has 37 heavy (non-hydrogen) atoms. The quantitative estimate of drug-likeness (QED) is 0.428. The Morgan fingerprint density at radius 1 is 1.11 bits per heavy atom. The fourth-order valence-corrected chi connectivity index (χ4v) is 6.86. The van der Waals surface area contributed by atoms with Gasteiger partial charge in [0, 0.05) is 39.7 Å². The molecule has 0 spiro atoms. The van der Waals surface area contributed by atoms with E-state index in [0.717, 1.165) is 41.8 Å². The third-order valence-corrected chi connectivity index (χ3v) is 8.87. The number of nitrogens with one attached hydrogen (secondary N) is 1. The van der Waals surface area contributed by atoms with Crippen LogP contribution in [-0.2, 0) is 14.3 Å². The molecule has 1 saturated carbocycles. The van der Waals surface area contributed by atoms with Gasteiger partial charge < -0.3 is 14.5 Å². The molecular formula is C30H29NO5S.